The molecule has 1 aromatic heterocycles. The average Bonchev–Trinajstić information content (AvgIpc) is 2.75. The van der Waals surface area contributed by atoms with Crippen molar-refractivity contribution in [2.45, 2.75) is 32.0 Å². The zero-order valence-corrected chi connectivity index (χ0v) is 8.63. The lowest BCUT2D eigenvalue weighted by atomic mass is 10.1. The molecule has 0 bridgehead atoms. The molecule has 0 amide bonds. The van der Waals surface area contributed by atoms with Crippen LogP contribution < -0.4 is 5.32 Å². The molecule has 4 heteroatoms. The summed E-state index contributed by atoms with van der Waals surface area (Å²) in [4.78, 5) is 0. The molecule has 14 heavy (non-hydrogen) atoms. The molecule has 2 rings (SSSR count). The zero-order chi connectivity index (χ0) is 10.1. The van der Waals surface area contributed by atoms with Crippen LogP contribution in [0.5, 0.6) is 0 Å². The SMILES string of the molecule is Cc1cnn(C)c1C(F)C1CCCN1. The van der Waals surface area contributed by atoms with Crippen LogP contribution in [0.1, 0.15) is 30.3 Å². The standard InChI is InChI=1S/C10H16FN3/c1-7-6-13-14(2)10(7)9(11)8-4-3-5-12-8/h6,8-9,12H,3-5H2,1-2H3. The summed E-state index contributed by atoms with van der Waals surface area (Å²) in [5, 5.41) is 7.24. The molecule has 2 unspecified atom stereocenters. The maximum Gasteiger partial charge on any atom is 0.157 e. The molecule has 1 saturated heterocycles. The average molecular weight is 197 g/mol. The van der Waals surface area contributed by atoms with Gasteiger partial charge in [-0.15, -0.1) is 0 Å². The third-order valence-electron chi connectivity index (χ3n) is 2.89. The van der Waals surface area contributed by atoms with E-state index in [0.29, 0.717) is 5.69 Å². The van der Waals surface area contributed by atoms with Crippen LogP contribution in [0.3, 0.4) is 0 Å². The second kappa shape index (κ2) is 3.69. The lowest BCUT2D eigenvalue weighted by Crippen LogP contribution is -2.28. The summed E-state index contributed by atoms with van der Waals surface area (Å²) >= 11 is 0. The van der Waals surface area contributed by atoms with E-state index < -0.39 is 6.17 Å². The number of alkyl halides is 1. The van der Waals surface area contributed by atoms with Gasteiger partial charge in [-0.25, -0.2) is 4.39 Å². The van der Waals surface area contributed by atoms with E-state index in [1.54, 1.807) is 17.9 Å². The minimum atomic E-state index is -0.926. The molecule has 0 aliphatic carbocycles. The van der Waals surface area contributed by atoms with Crippen LogP contribution in [-0.2, 0) is 7.05 Å². The Balaban J connectivity index is 2.21. The van der Waals surface area contributed by atoms with Crippen LogP contribution in [0, 0.1) is 6.92 Å². The zero-order valence-electron chi connectivity index (χ0n) is 8.63. The second-order valence-electron chi connectivity index (χ2n) is 3.94. The van der Waals surface area contributed by atoms with Gasteiger partial charge in [0.1, 0.15) is 0 Å². The van der Waals surface area contributed by atoms with E-state index in [9.17, 15) is 4.39 Å². The van der Waals surface area contributed by atoms with Crippen LogP contribution in [-0.4, -0.2) is 22.4 Å². The van der Waals surface area contributed by atoms with Gasteiger partial charge in [-0.05, 0) is 31.9 Å². The fourth-order valence-electron chi connectivity index (χ4n) is 2.10. The third kappa shape index (κ3) is 1.54. The van der Waals surface area contributed by atoms with Gasteiger partial charge in [-0.2, -0.15) is 5.10 Å². The van der Waals surface area contributed by atoms with Crippen LogP contribution in [0.4, 0.5) is 4.39 Å². The molecule has 0 radical (unpaired) electrons. The summed E-state index contributed by atoms with van der Waals surface area (Å²) in [6.07, 6.45) is 2.79. The minimum absolute atomic E-state index is 0.0240. The van der Waals surface area contributed by atoms with Gasteiger partial charge in [0, 0.05) is 13.1 Å². The fourth-order valence-corrected chi connectivity index (χ4v) is 2.10. The molecule has 0 aromatic carbocycles. The first-order valence-corrected chi connectivity index (χ1v) is 5.06. The van der Waals surface area contributed by atoms with Crippen LogP contribution in [0.25, 0.3) is 0 Å². The largest absolute Gasteiger partial charge is 0.311 e. The Bertz CT molecular complexity index is 296. The van der Waals surface area contributed by atoms with Crippen LogP contribution in [0.15, 0.2) is 6.20 Å². The molecule has 1 aliphatic rings. The summed E-state index contributed by atoms with van der Waals surface area (Å²) in [7, 11) is 1.80. The Hall–Kier alpha value is -0.900. The smallest absolute Gasteiger partial charge is 0.157 e. The molecule has 2 atom stereocenters. The summed E-state index contributed by atoms with van der Waals surface area (Å²) in [6, 6.07) is -0.0240. The number of hydrogen-bond acceptors (Lipinski definition) is 2. The van der Waals surface area contributed by atoms with Gasteiger partial charge in [0.05, 0.1) is 11.9 Å². The highest BCUT2D eigenvalue weighted by molar-refractivity contribution is 5.19. The molecule has 1 aliphatic heterocycles. The molecule has 1 N–H and O–H groups in total. The molecule has 78 valence electrons. The summed E-state index contributed by atoms with van der Waals surface area (Å²) < 4.78 is 15.7. The Morgan fingerprint density at radius 1 is 1.71 bits per heavy atom. The highest BCUT2D eigenvalue weighted by Gasteiger charge is 2.28. The molecule has 2 heterocycles. The Labute approximate surface area is 83.3 Å². The maximum absolute atomic E-state index is 14.1. The van der Waals surface area contributed by atoms with Gasteiger partial charge < -0.3 is 5.32 Å². The summed E-state index contributed by atoms with van der Waals surface area (Å²) in [5.74, 6) is 0. The summed E-state index contributed by atoms with van der Waals surface area (Å²) in [5.41, 5.74) is 1.65. The lowest BCUT2D eigenvalue weighted by molar-refractivity contribution is 0.256. The number of aryl methyl sites for hydroxylation is 2. The van der Waals surface area contributed by atoms with Crippen molar-refractivity contribution in [3.63, 3.8) is 0 Å². The van der Waals surface area contributed by atoms with Gasteiger partial charge in [-0.1, -0.05) is 0 Å². The number of nitrogens with zero attached hydrogens (tertiary/aromatic N) is 2. The third-order valence-corrected chi connectivity index (χ3v) is 2.89. The van der Waals surface area contributed by atoms with Crippen molar-refractivity contribution in [1.29, 1.82) is 0 Å². The highest BCUT2D eigenvalue weighted by Crippen LogP contribution is 2.28. The van der Waals surface area contributed by atoms with Crippen molar-refractivity contribution in [2.75, 3.05) is 6.54 Å². The lowest BCUT2D eigenvalue weighted by Gasteiger charge is -2.17. The van der Waals surface area contributed by atoms with E-state index >= 15 is 0 Å². The van der Waals surface area contributed by atoms with E-state index in [2.05, 4.69) is 10.4 Å². The predicted molar refractivity (Wildman–Crippen MR) is 52.8 cm³/mol. The van der Waals surface area contributed by atoms with Crippen molar-refractivity contribution >= 4 is 0 Å². The highest BCUT2D eigenvalue weighted by atomic mass is 19.1. The van der Waals surface area contributed by atoms with E-state index in [1.165, 1.54) is 0 Å². The monoisotopic (exact) mass is 197 g/mol. The van der Waals surface area contributed by atoms with Gasteiger partial charge in [0.15, 0.2) is 6.17 Å². The second-order valence-corrected chi connectivity index (χ2v) is 3.94. The van der Waals surface area contributed by atoms with Crippen molar-refractivity contribution in [1.82, 2.24) is 15.1 Å². The Morgan fingerprint density at radius 3 is 3.00 bits per heavy atom. The summed E-state index contributed by atoms with van der Waals surface area (Å²) in [6.45, 7) is 2.84. The quantitative estimate of drug-likeness (QED) is 0.778. The fraction of sp³-hybridized carbons (Fsp3) is 0.700. The first kappa shape index (κ1) is 9.65. The minimum Gasteiger partial charge on any atom is -0.311 e. The molecule has 0 spiro atoms. The first-order chi connectivity index (χ1) is 6.70. The van der Waals surface area contributed by atoms with Gasteiger partial charge in [0.2, 0.25) is 0 Å². The van der Waals surface area contributed by atoms with Gasteiger partial charge in [0.25, 0.3) is 0 Å². The van der Waals surface area contributed by atoms with Gasteiger partial charge >= 0.3 is 0 Å². The van der Waals surface area contributed by atoms with Gasteiger partial charge in [-0.3, -0.25) is 4.68 Å². The van der Waals surface area contributed by atoms with Crippen LogP contribution in [0.2, 0.25) is 0 Å². The number of nitrogens with one attached hydrogen (secondary N) is 1. The number of rotatable bonds is 2. The molecule has 1 fully saturated rings. The molecular formula is C10H16FN3. The Kier molecular flexibility index (Phi) is 2.54. The Morgan fingerprint density at radius 2 is 2.50 bits per heavy atom. The van der Waals surface area contributed by atoms with Crippen molar-refractivity contribution in [2.24, 2.45) is 7.05 Å². The van der Waals surface area contributed by atoms with Crippen molar-refractivity contribution < 1.29 is 4.39 Å². The van der Waals surface area contributed by atoms with E-state index in [0.717, 1.165) is 24.9 Å². The van der Waals surface area contributed by atoms with E-state index in [1.807, 2.05) is 6.92 Å². The van der Waals surface area contributed by atoms with Crippen LogP contribution >= 0.6 is 0 Å². The maximum atomic E-state index is 14.1. The number of halogens is 1. The number of aromatic nitrogens is 2. The van der Waals surface area contributed by atoms with E-state index in [-0.39, 0.29) is 6.04 Å². The normalized spacial score (nSPS) is 24.1. The molecule has 3 nitrogen and oxygen atoms in total. The van der Waals surface area contributed by atoms with Crippen molar-refractivity contribution in [3.05, 3.63) is 17.5 Å². The first-order valence-electron chi connectivity index (χ1n) is 5.06. The topological polar surface area (TPSA) is 29.9 Å². The molecular weight excluding hydrogens is 181 g/mol. The van der Waals surface area contributed by atoms with Crippen molar-refractivity contribution in [3.8, 4) is 0 Å². The predicted octanol–water partition coefficient (Wildman–Crippen LogP) is 1.49. The molecule has 0 saturated carbocycles. The van der Waals surface area contributed by atoms with E-state index in [4.69, 9.17) is 0 Å². The molecule has 1 aromatic rings. The number of hydrogen-bond donors (Lipinski definition) is 1.